The zero-order valence-electron chi connectivity index (χ0n) is 16.2. The fourth-order valence-electron chi connectivity index (χ4n) is 2.92. The number of sulfone groups is 1. The summed E-state index contributed by atoms with van der Waals surface area (Å²) in [7, 11) is -2.26. The van der Waals surface area contributed by atoms with E-state index in [0.29, 0.717) is 17.9 Å². The molecule has 8 heteroatoms. The number of nitrogens with one attached hydrogen (secondary N) is 1. The quantitative estimate of drug-likeness (QED) is 0.420. The number of rotatable bonds is 8. The molecule has 0 spiro atoms. The Morgan fingerprint density at radius 2 is 1.80 bits per heavy atom. The Morgan fingerprint density at radius 3 is 2.47 bits per heavy atom. The maximum atomic E-state index is 13.2. The number of anilines is 1. The molecule has 0 bridgehead atoms. The number of oxazole rings is 1. The van der Waals surface area contributed by atoms with Crippen LogP contribution in [0.15, 0.2) is 86.4 Å². The largest absolute Gasteiger partial charge is 0.497 e. The smallest absolute Gasteiger partial charge is 0.233 e. The van der Waals surface area contributed by atoms with Crippen molar-refractivity contribution in [1.82, 2.24) is 4.98 Å². The van der Waals surface area contributed by atoms with Crippen molar-refractivity contribution in [2.24, 2.45) is 0 Å². The molecule has 0 fully saturated rings. The van der Waals surface area contributed by atoms with E-state index in [0.717, 1.165) is 6.42 Å². The molecular formula is C22H20N2O4S2. The van der Waals surface area contributed by atoms with Crippen LogP contribution in [0, 0.1) is 0 Å². The normalized spacial score (nSPS) is 11.4. The number of nitrogens with zero attached hydrogens (tertiary/aromatic N) is 1. The van der Waals surface area contributed by atoms with E-state index in [9.17, 15) is 8.42 Å². The van der Waals surface area contributed by atoms with Crippen molar-refractivity contribution in [3.8, 4) is 17.2 Å². The van der Waals surface area contributed by atoms with Gasteiger partial charge in [-0.25, -0.2) is 8.42 Å². The average Bonchev–Trinajstić information content (AvgIpc) is 3.45. The van der Waals surface area contributed by atoms with E-state index < -0.39 is 9.84 Å². The van der Waals surface area contributed by atoms with Gasteiger partial charge in [-0.1, -0.05) is 24.3 Å². The predicted molar refractivity (Wildman–Crippen MR) is 117 cm³/mol. The van der Waals surface area contributed by atoms with Crippen LogP contribution in [0.4, 0.5) is 5.88 Å². The number of ether oxygens (including phenoxy) is 1. The van der Waals surface area contributed by atoms with Gasteiger partial charge in [0, 0.05) is 17.0 Å². The van der Waals surface area contributed by atoms with Gasteiger partial charge in [-0.3, -0.25) is 0 Å². The molecule has 4 rings (SSSR count). The first kappa shape index (κ1) is 20.2. The van der Waals surface area contributed by atoms with Gasteiger partial charge in [0.2, 0.25) is 26.6 Å². The topological polar surface area (TPSA) is 81.4 Å². The lowest BCUT2D eigenvalue weighted by atomic mass is 10.2. The third-order valence-electron chi connectivity index (χ3n) is 4.48. The fraction of sp³-hybridized carbons (Fsp3) is 0.136. The number of hydrogen-bond donors (Lipinski definition) is 1. The number of hydrogen-bond acceptors (Lipinski definition) is 7. The predicted octanol–water partition coefficient (Wildman–Crippen LogP) is 4.90. The van der Waals surface area contributed by atoms with Crippen LogP contribution in [0.2, 0.25) is 0 Å². The highest BCUT2D eigenvalue weighted by atomic mass is 32.2. The number of methoxy groups -OCH3 is 1. The molecular weight excluding hydrogens is 420 g/mol. The molecule has 0 radical (unpaired) electrons. The lowest BCUT2D eigenvalue weighted by Gasteiger charge is -2.05. The fourth-order valence-corrected chi connectivity index (χ4v) is 4.93. The van der Waals surface area contributed by atoms with E-state index in [2.05, 4.69) is 10.3 Å². The molecule has 0 atom stereocenters. The van der Waals surface area contributed by atoms with Crippen LogP contribution >= 0.6 is 11.3 Å². The summed E-state index contributed by atoms with van der Waals surface area (Å²) in [6.45, 7) is 0.523. The minimum Gasteiger partial charge on any atom is -0.497 e. The Morgan fingerprint density at radius 1 is 1.03 bits per heavy atom. The minimum absolute atomic E-state index is 0.120. The number of thiophene rings is 1. The first-order chi connectivity index (χ1) is 14.6. The SMILES string of the molecule is COc1ccc(-c2nc(S(=O)(=O)c3ccccc3)c(NCCc3cccs3)o2)cc1. The van der Waals surface area contributed by atoms with Gasteiger partial charge in [0.1, 0.15) is 5.75 Å². The van der Waals surface area contributed by atoms with Crippen LogP contribution in [-0.2, 0) is 16.3 Å². The second kappa shape index (κ2) is 8.73. The van der Waals surface area contributed by atoms with Crippen LogP contribution < -0.4 is 10.1 Å². The average molecular weight is 441 g/mol. The molecule has 0 amide bonds. The summed E-state index contributed by atoms with van der Waals surface area (Å²) in [5, 5.41) is 5.00. The van der Waals surface area contributed by atoms with Crippen molar-refractivity contribution in [3.63, 3.8) is 0 Å². The zero-order valence-corrected chi connectivity index (χ0v) is 17.9. The maximum absolute atomic E-state index is 13.2. The highest BCUT2D eigenvalue weighted by molar-refractivity contribution is 7.91. The summed E-state index contributed by atoms with van der Waals surface area (Å²) in [6, 6.07) is 19.4. The Bertz CT molecular complexity index is 1200. The van der Waals surface area contributed by atoms with Crippen molar-refractivity contribution in [2.45, 2.75) is 16.3 Å². The van der Waals surface area contributed by atoms with E-state index in [1.165, 1.54) is 4.88 Å². The lowest BCUT2D eigenvalue weighted by molar-refractivity contribution is 0.415. The summed E-state index contributed by atoms with van der Waals surface area (Å²) in [4.78, 5) is 5.71. The molecule has 154 valence electrons. The summed E-state index contributed by atoms with van der Waals surface area (Å²) >= 11 is 1.65. The standard InChI is InChI=1S/C22H20N2O4S2/c1-27-17-11-9-16(10-12-17)20-24-22(30(25,26)19-7-3-2-4-8-19)21(28-20)23-14-13-18-6-5-15-29-18/h2-12,15,23H,13-14H2,1H3. The molecule has 0 aliphatic heterocycles. The third kappa shape index (κ3) is 4.24. The molecule has 4 aromatic rings. The molecule has 0 unspecified atom stereocenters. The second-order valence-corrected chi connectivity index (χ2v) is 9.35. The molecule has 0 saturated heterocycles. The Hall–Kier alpha value is -3.10. The molecule has 0 saturated carbocycles. The summed E-state index contributed by atoms with van der Waals surface area (Å²) in [5.74, 6) is 1.06. The van der Waals surface area contributed by atoms with Gasteiger partial charge in [-0.15, -0.1) is 11.3 Å². The van der Waals surface area contributed by atoms with E-state index in [1.54, 1.807) is 73.0 Å². The minimum atomic E-state index is -3.84. The first-order valence-corrected chi connectivity index (χ1v) is 11.7. The van der Waals surface area contributed by atoms with Crippen LogP contribution in [0.1, 0.15) is 4.88 Å². The van der Waals surface area contributed by atoms with Crippen LogP contribution in [0.25, 0.3) is 11.5 Å². The van der Waals surface area contributed by atoms with Crippen molar-refractivity contribution < 1.29 is 17.6 Å². The van der Waals surface area contributed by atoms with Crippen LogP contribution in [0.5, 0.6) is 5.75 Å². The summed E-state index contributed by atoms with van der Waals surface area (Å²) < 4.78 is 37.5. The second-order valence-electron chi connectivity index (χ2n) is 6.45. The molecule has 6 nitrogen and oxygen atoms in total. The van der Waals surface area contributed by atoms with Gasteiger partial charge in [0.15, 0.2) is 0 Å². The van der Waals surface area contributed by atoms with Gasteiger partial charge in [0.05, 0.1) is 12.0 Å². The van der Waals surface area contributed by atoms with E-state index in [1.807, 2.05) is 17.5 Å². The molecule has 0 aliphatic carbocycles. The highest BCUT2D eigenvalue weighted by Crippen LogP contribution is 2.33. The molecule has 1 N–H and O–H groups in total. The van der Waals surface area contributed by atoms with Gasteiger partial charge in [-0.2, -0.15) is 4.98 Å². The van der Waals surface area contributed by atoms with Crippen LogP contribution in [-0.4, -0.2) is 27.1 Å². The zero-order chi connectivity index (χ0) is 21.0. The van der Waals surface area contributed by atoms with Crippen LogP contribution in [0.3, 0.4) is 0 Å². The van der Waals surface area contributed by atoms with E-state index >= 15 is 0 Å². The monoisotopic (exact) mass is 440 g/mol. The first-order valence-electron chi connectivity index (χ1n) is 9.29. The van der Waals surface area contributed by atoms with Crippen molar-refractivity contribution in [1.29, 1.82) is 0 Å². The van der Waals surface area contributed by atoms with Gasteiger partial charge in [-0.05, 0) is 54.3 Å². The van der Waals surface area contributed by atoms with Crippen molar-refractivity contribution in [3.05, 3.63) is 77.0 Å². The summed E-state index contributed by atoms with van der Waals surface area (Å²) in [6.07, 6.45) is 0.751. The molecule has 2 aromatic heterocycles. The van der Waals surface area contributed by atoms with Gasteiger partial charge < -0.3 is 14.5 Å². The maximum Gasteiger partial charge on any atom is 0.233 e. The summed E-state index contributed by atoms with van der Waals surface area (Å²) in [5.41, 5.74) is 0.659. The van der Waals surface area contributed by atoms with E-state index in [4.69, 9.17) is 9.15 Å². The van der Waals surface area contributed by atoms with E-state index in [-0.39, 0.29) is 21.7 Å². The Kier molecular flexibility index (Phi) is 5.87. The number of aromatic nitrogens is 1. The number of benzene rings is 2. The molecule has 0 aliphatic rings. The van der Waals surface area contributed by atoms with Gasteiger partial charge in [0.25, 0.3) is 0 Å². The van der Waals surface area contributed by atoms with Gasteiger partial charge >= 0.3 is 0 Å². The molecule has 2 heterocycles. The van der Waals surface area contributed by atoms with Crippen molar-refractivity contribution >= 4 is 27.1 Å². The lowest BCUT2D eigenvalue weighted by Crippen LogP contribution is -2.09. The molecule has 30 heavy (non-hydrogen) atoms. The van der Waals surface area contributed by atoms with Crippen molar-refractivity contribution in [2.75, 3.05) is 19.0 Å². The Labute approximate surface area is 179 Å². The third-order valence-corrected chi connectivity index (χ3v) is 7.09. The highest BCUT2D eigenvalue weighted by Gasteiger charge is 2.28. The Balaban J connectivity index is 1.69. The molecule has 2 aromatic carbocycles.